The summed E-state index contributed by atoms with van der Waals surface area (Å²) in [5.74, 6) is 2.61. The van der Waals surface area contributed by atoms with E-state index in [9.17, 15) is 0 Å². The Hall–Kier alpha value is -1.75. The van der Waals surface area contributed by atoms with Gasteiger partial charge < -0.3 is 19.9 Å². The van der Waals surface area contributed by atoms with Crippen LogP contribution in [0.1, 0.15) is 32.8 Å². The highest BCUT2D eigenvalue weighted by Crippen LogP contribution is 2.16. The van der Waals surface area contributed by atoms with Crippen molar-refractivity contribution >= 4 is 5.96 Å². The Bertz CT molecular complexity index is 529. The van der Waals surface area contributed by atoms with Gasteiger partial charge in [-0.05, 0) is 57.0 Å². The molecule has 1 aromatic carbocycles. The van der Waals surface area contributed by atoms with Gasteiger partial charge in [-0.3, -0.25) is 4.99 Å². The Morgan fingerprint density at radius 1 is 1.28 bits per heavy atom. The first-order chi connectivity index (χ1) is 12.2. The first-order valence-corrected chi connectivity index (χ1v) is 9.59. The van der Waals surface area contributed by atoms with E-state index in [2.05, 4.69) is 48.1 Å². The molecule has 5 nitrogen and oxygen atoms in total. The number of rotatable bonds is 8. The summed E-state index contributed by atoms with van der Waals surface area (Å²) in [6, 6.07) is 8.32. The average molecular weight is 347 g/mol. The van der Waals surface area contributed by atoms with Crippen LogP contribution in [0.15, 0.2) is 29.3 Å². The Morgan fingerprint density at radius 2 is 2.04 bits per heavy atom. The number of likely N-dealkylation sites (tertiary alicyclic amines) is 1. The Morgan fingerprint density at radius 3 is 2.64 bits per heavy atom. The number of nitrogens with zero attached hydrogens (tertiary/aromatic N) is 3. The van der Waals surface area contributed by atoms with Crippen LogP contribution < -0.4 is 10.1 Å². The van der Waals surface area contributed by atoms with Crippen molar-refractivity contribution in [1.29, 1.82) is 0 Å². The van der Waals surface area contributed by atoms with Crippen molar-refractivity contribution in [3.8, 4) is 5.75 Å². The standard InChI is InChI=1S/C20H34N4O/c1-5-21-20(22-14-18-12-13-24(6-2)16-18)23(4)15-17-8-10-19(11-9-17)25-7-3/h8-11,18H,5-7,12-16H2,1-4H3,(H,21,22). The lowest BCUT2D eigenvalue weighted by molar-refractivity contribution is 0.340. The second kappa shape index (κ2) is 10.3. The molecule has 1 unspecified atom stereocenters. The molecule has 1 atom stereocenters. The van der Waals surface area contributed by atoms with Crippen LogP contribution in [0.25, 0.3) is 0 Å². The van der Waals surface area contributed by atoms with Gasteiger partial charge in [-0.2, -0.15) is 0 Å². The zero-order valence-electron chi connectivity index (χ0n) is 16.3. The third-order valence-corrected chi connectivity index (χ3v) is 4.67. The van der Waals surface area contributed by atoms with Crippen LogP contribution in [0.4, 0.5) is 0 Å². The highest BCUT2D eigenvalue weighted by Gasteiger charge is 2.21. The average Bonchev–Trinajstić information content (AvgIpc) is 3.08. The van der Waals surface area contributed by atoms with E-state index >= 15 is 0 Å². The molecule has 0 aliphatic carbocycles. The molecule has 1 heterocycles. The fourth-order valence-electron chi connectivity index (χ4n) is 3.24. The molecular formula is C20H34N4O. The van der Waals surface area contributed by atoms with Crippen LogP contribution in [-0.4, -0.2) is 62.1 Å². The smallest absolute Gasteiger partial charge is 0.193 e. The van der Waals surface area contributed by atoms with Gasteiger partial charge in [-0.1, -0.05) is 19.1 Å². The molecule has 25 heavy (non-hydrogen) atoms. The van der Waals surface area contributed by atoms with Gasteiger partial charge in [0.1, 0.15) is 5.75 Å². The molecule has 1 saturated heterocycles. The summed E-state index contributed by atoms with van der Waals surface area (Å²) in [5, 5.41) is 3.42. The highest BCUT2D eigenvalue weighted by molar-refractivity contribution is 5.79. The van der Waals surface area contributed by atoms with Gasteiger partial charge in [-0.15, -0.1) is 0 Å². The van der Waals surface area contributed by atoms with Crippen molar-refractivity contribution in [2.24, 2.45) is 10.9 Å². The summed E-state index contributed by atoms with van der Waals surface area (Å²) in [7, 11) is 2.10. The zero-order valence-corrected chi connectivity index (χ0v) is 16.3. The van der Waals surface area contributed by atoms with Crippen LogP contribution in [0.3, 0.4) is 0 Å². The van der Waals surface area contributed by atoms with Crippen LogP contribution >= 0.6 is 0 Å². The molecule has 5 heteroatoms. The third kappa shape index (κ3) is 6.24. The molecule has 1 N–H and O–H groups in total. The molecule has 0 bridgehead atoms. The Kier molecular flexibility index (Phi) is 8.06. The Labute approximate surface area is 153 Å². The lowest BCUT2D eigenvalue weighted by Crippen LogP contribution is -2.39. The van der Waals surface area contributed by atoms with Crippen LogP contribution in [0, 0.1) is 5.92 Å². The SMILES string of the molecule is CCNC(=NCC1CCN(CC)C1)N(C)Cc1ccc(OCC)cc1. The van der Waals surface area contributed by atoms with Crippen molar-refractivity contribution in [3.05, 3.63) is 29.8 Å². The summed E-state index contributed by atoms with van der Waals surface area (Å²) in [6.07, 6.45) is 1.26. The molecule has 0 amide bonds. The molecule has 1 aromatic rings. The van der Waals surface area contributed by atoms with E-state index < -0.39 is 0 Å². The van der Waals surface area contributed by atoms with Gasteiger partial charge in [0.25, 0.3) is 0 Å². The van der Waals surface area contributed by atoms with E-state index in [1.54, 1.807) is 0 Å². The van der Waals surface area contributed by atoms with Crippen molar-refractivity contribution in [2.45, 2.75) is 33.7 Å². The lowest BCUT2D eigenvalue weighted by Gasteiger charge is -2.23. The second-order valence-corrected chi connectivity index (χ2v) is 6.68. The lowest BCUT2D eigenvalue weighted by atomic mass is 10.1. The highest BCUT2D eigenvalue weighted by atomic mass is 16.5. The second-order valence-electron chi connectivity index (χ2n) is 6.68. The largest absolute Gasteiger partial charge is 0.494 e. The number of aliphatic imine (C=N–C) groups is 1. The molecule has 0 spiro atoms. The van der Waals surface area contributed by atoms with E-state index in [0.29, 0.717) is 12.5 Å². The van der Waals surface area contributed by atoms with Crippen molar-refractivity contribution < 1.29 is 4.74 Å². The monoisotopic (exact) mass is 346 g/mol. The Balaban J connectivity index is 1.92. The summed E-state index contributed by atoms with van der Waals surface area (Å²) in [4.78, 5) is 9.60. The van der Waals surface area contributed by atoms with Crippen LogP contribution in [0.5, 0.6) is 5.75 Å². The maximum atomic E-state index is 5.51. The topological polar surface area (TPSA) is 40.1 Å². The number of hydrogen-bond donors (Lipinski definition) is 1. The first kappa shape index (κ1) is 19.6. The van der Waals surface area contributed by atoms with Crippen molar-refractivity contribution in [2.75, 3.05) is 46.4 Å². The molecule has 0 radical (unpaired) electrons. The normalized spacial score (nSPS) is 18.4. The molecule has 1 fully saturated rings. The number of guanidine groups is 1. The van der Waals surface area contributed by atoms with E-state index in [1.165, 1.54) is 25.1 Å². The minimum Gasteiger partial charge on any atom is -0.494 e. The molecule has 140 valence electrons. The molecule has 1 aliphatic heterocycles. The third-order valence-electron chi connectivity index (χ3n) is 4.67. The quantitative estimate of drug-likeness (QED) is 0.580. The predicted molar refractivity (Wildman–Crippen MR) is 105 cm³/mol. The van der Waals surface area contributed by atoms with E-state index in [4.69, 9.17) is 9.73 Å². The minimum atomic E-state index is 0.687. The number of nitrogens with one attached hydrogen (secondary N) is 1. The van der Waals surface area contributed by atoms with Gasteiger partial charge in [0, 0.05) is 33.2 Å². The van der Waals surface area contributed by atoms with Gasteiger partial charge in [0.05, 0.1) is 6.61 Å². The number of hydrogen-bond acceptors (Lipinski definition) is 3. The maximum Gasteiger partial charge on any atom is 0.193 e. The van der Waals surface area contributed by atoms with Crippen LogP contribution in [-0.2, 0) is 6.54 Å². The van der Waals surface area contributed by atoms with E-state index in [0.717, 1.165) is 37.9 Å². The summed E-state index contributed by atoms with van der Waals surface area (Å²) < 4.78 is 5.51. The van der Waals surface area contributed by atoms with Gasteiger partial charge in [-0.25, -0.2) is 0 Å². The molecule has 0 saturated carbocycles. The fraction of sp³-hybridized carbons (Fsp3) is 0.650. The maximum absolute atomic E-state index is 5.51. The van der Waals surface area contributed by atoms with Crippen molar-refractivity contribution in [1.82, 2.24) is 15.1 Å². The summed E-state index contributed by atoms with van der Waals surface area (Å²) in [6.45, 7) is 13.2. The van der Waals surface area contributed by atoms with E-state index in [-0.39, 0.29) is 0 Å². The predicted octanol–water partition coefficient (Wildman–Crippen LogP) is 2.82. The van der Waals surface area contributed by atoms with Crippen molar-refractivity contribution in [3.63, 3.8) is 0 Å². The summed E-state index contributed by atoms with van der Waals surface area (Å²) in [5.41, 5.74) is 1.26. The minimum absolute atomic E-state index is 0.687. The first-order valence-electron chi connectivity index (χ1n) is 9.59. The van der Waals surface area contributed by atoms with Gasteiger partial charge in [0.2, 0.25) is 0 Å². The zero-order chi connectivity index (χ0) is 18.1. The van der Waals surface area contributed by atoms with Gasteiger partial charge in [0.15, 0.2) is 5.96 Å². The molecular weight excluding hydrogens is 312 g/mol. The molecule has 0 aromatic heterocycles. The van der Waals surface area contributed by atoms with Crippen LogP contribution in [0.2, 0.25) is 0 Å². The molecule has 2 rings (SSSR count). The fourth-order valence-corrected chi connectivity index (χ4v) is 3.24. The van der Waals surface area contributed by atoms with Gasteiger partial charge >= 0.3 is 0 Å². The number of ether oxygens (including phenoxy) is 1. The van der Waals surface area contributed by atoms with E-state index in [1.807, 2.05) is 19.1 Å². The molecule has 1 aliphatic rings. The number of benzene rings is 1. The summed E-state index contributed by atoms with van der Waals surface area (Å²) >= 11 is 0.